The number of nitrogens with zero attached hydrogens (tertiary/aromatic N) is 2. The van der Waals surface area contributed by atoms with Crippen LogP contribution in [0.4, 0.5) is 0 Å². The average Bonchev–Trinajstić information content (AvgIpc) is 2.92. The predicted octanol–water partition coefficient (Wildman–Crippen LogP) is 2.50. The highest BCUT2D eigenvalue weighted by atomic mass is 35.5. The van der Waals surface area contributed by atoms with E-state index in [1.54, 1.807) is 12.1 Å². The van der Waals surface area contributed by atoms with Crippen LogP contribution in [0.25, 0.3) is 10.2 Å². The standard InChI is InChI=1S/C15H12Cl2N2O5S/c1-22-12(20)6-19-13-9(17)4-8(16)5-11(13)25-15(19)18-14(21)10-7-23-2-3-24-10/h4-5,7H,2-3,6H2,1H3. The summed E-state index contributed by atoms with van der Waals surface area (Å²) in [5, 5.41) is 0.779. The normalized spacial score (nSPS) is 14.7. The van der Waals surface area contributed by atoms with Gasteiger partial charge in [-0.1, -0.05) is 34.5 Å². The molecule has 0 aliphatic carbocycles. The van der Waals surface area contributed by atoms with E-state index < -0.39 is 11.9 Å². The Morgan fingerprint density at radius 2 is 2.16 bits per heavy atom. The summed E-state index contributed by atoms with van der Waals surface area (Å²) >= 11 is 13.5. The molecule has 10 heteroatoms. The number of benzene rings is 1. The highest BCUT2D eigenvalue weighted by molar-refractivity contribution is 7.16. The third kappa shape index (κ3) is 3.81. The van der Waals surface area contributed by atoms with Crippen LogP contribution in [-0.2, 0) is 30.3 Å². The molecule has 0 unspecified atom stereocenters. The lowest BCUT2D eigenvalue weighted by molar-refractivity contribution is -0.141. The number of thiazole rings is 1. The van der Waals surface area contributed by atoms with Crippen LogP contribution in [0.3, 0.4) is 0 Å². The number of fused-ring (bicyclic) bond motifs is 1. The minimum atomic E-state index is -0.618. The van der Waals surface area contributed by atoms with Gasteiger partial charge in [0.05, 0.1) is 22.3 Å². The Morgan fingerprint density at radius 1 is 1.36 bits per heavy atom. The van der Waals surface area contributed by atoms with E-state index >= 15 is 0 Å². The van der Waals surface area contributed by atoms with Gasteiger partial charge >= 0.3 is 11.9 Å². The quantitative estimate of drug-likeness (QED) is 0.736. The lowest BCUT2D eigenvalue weighted by Gasteiger charge is -2.12. The molecule has 1 aliphatic heterocycles. The zero-order valence-electron chi connectivity index (χ0n) is 13.0. The number of aromatic nitrogens is 1. The number of hydrogen-bond acceptors (Lipinski definition) is 6. The second-order valence-corrected chi connectivity index (χ2v) is 6.75. The second kappa shape index (κ2) is 7.47. The van der Waals surface area contributed by atoms with Gasteiger partial charge in [0, 0.05) is 5.02 Å². The summed E-state index contributed by atoms with van der Waals surface area (Å²) < 4.78 is 17.2. The van der Waals surface area contributed by atoms with E-state index in [1.165, 1.54) is 29.3 Å². The van der Waals surface area contributed by atoms with Crippen LogP contribution >= 0.6 is 34.5 Å². The number of amides is 1. The maximum Gasteiger partial charge on any atom is 0.325 e. The zero-order valence-corrected chi connectivity index (χ0v) is 15.3. The Balaban J connectivity index is 2.15. The van der Waals surface area contributed by atoms with Crippen LogP contribution < -0.4 is 4.80 Å². The molecule has 0 bridgehead atoms. The van der Waals surface area contributed by atoms with E-state index in [0.717, 1.165) is 0 Å². The summed E-state index contributed by atoms with van der Waals surface area (Å²) in [6.07, 6.45) is 1.22. The number of methoxy groups -OCH3 is 1. The van der Waals surface area contributed by atoms with Gasteiger partial charge < -0.3 is 18.8 Å². The Labute approximate surface area is 156 Å². The third-order valence-corrected chi connectivity index (χ3v) is 4.80. The van der Waals surface area contributed by atoms with Crippen LogP contribution in [-0.4, -0.2) is 36.8 Å². The van der Waals surface area contributed by atoms with Crippen molar-refractivity contribution in [2.45, 2.75) is 6.54 Å². The van der Waals surface area contributed by atoms with E-state index in [1.807, 2.05) is 0 Å². The van der Waals surface area contributed by atoms with Gasteiger partial charge in [0.1, 0.15) is 26.0 Å². The molecular formula is C15H12Cl2N2O5S. The van der Waals surface area contributed by atoms with Crippen LogP contribution in [0.2, 0.25) is 10.0 Å². The maximum absolute atomic E-state index is 12.3. The number of rotatable bonds is 3. The summed E-state index contributed by atoms with van der Waals surface area (Å²) in [7, 11) is 1.27. The first-order valence-corrected chi connectivity index (χ1v) is 8.65. The lowest BCUT2D eigenvalue weighted by atomic mass is 10.3. The number of hydrogen-bond donors (Lipinski definition) is 0. The number of carbonyl (C=O) groups excluding carboxylic acids is 2. The fraction of sp³-hybridized carbons (Fsp3) is 0.267. The van der Waals surface area contributed by atoms with Crippen molar-refractivity contribution in [1.82, 2.24) is 4.57 Å². The number of esters is 1. The van der Waals surface area contributed by atoms with Crippen LogP contribution in [0, 0.1) is 0 Å². The first kappa shape index (κ1) is 17.8. The molecular weight excluding hydrogens is 391 g/mol. The van der Waals surface area contributed by atoms with Crippen molar-refractivity contribution in [1.29, 1.82) is 0 Å². The largest absolute Gasteiger partial charge is 0.494 e. The minimum absolute atomic E-state index is 0.00236. The first-order chi connectivity index (χ1) is 12.0. The molecule has 2 heterocycles. The van der Waals surface area contributed by atoms with Crippen molar-refractivity contribution in [3.05, 3.63) is 39.0 Å². The molecule has 1 aromatic heterocycles. The molecule has 1 aliphatic rings. The van der Waals surface area contributed by atoms with Gasteiger partial charge in [-0.05, 0) is 12.1 Å². The van der Waals surface area contributed by atoms with Gasteiger partial charge in [-0.15, -0.1) is 0 Å². The summed E-state index contributed by atoms with van der Waals surface area (Å²) in [5.41, 5.74) is 0.544. The SMILES string of the molecule is COC(=O)Cn1c(=NC(=O)C2=COCCO2)sc2cc(Cl)cc(Cl)c21. The molecule has 2 aromatic rings. The fourth-order valence-corrected chi connectivity index (χ4v) is 3.99. The smallest absolute Gasteiger partial charge is 0.325 e. The Kier molecular flexibility index (Phi) is 5.31. The monoisotopic (exact) mass is 402 g/mol. The molecule has 0 radical (unpaired) electrons. The molecule has 132 valence electrons. The second-order valence-electron chi connectivity index (χ2n) is 4.90. The van der Waals surface area contributed by atoms with E-state index in [0.29, 0.717) is 26.9 Å². The van der Waals surface area contributed by atoms with Gasteiger partial charge in [-0.2, -0.15) is 4.99 Å². The van der Waals surface area contributed by atoms with E-state index in [-0.39, 0.29) is 23.7 Å². The molecule has 25 heavy (non-hydrogen) atoms. The molecule has 0 atom stereocenters. The van der Waals surface area contributed by atoms with Gasteiger partial charge in [0.2, 0.25) is 5.76 Å². The summed E-state index contributed by atoms with van der Waals surface area (Å²) in [6.45, 7) is 0.486. The lowest BCUT2D eigenvalue weighted by Crippen LogP contribution is -2.23. The van der Waals surface area contributed by atoms with Crippen molar-refractivity contribution in [2.75, 3.05) is 20.3 Å². The van der Waals surface area contributed by atoms with Crippen molar-refractivity contribution in [2.24, 2.45) is 4.99 Å². The molecule has 1 aromatic carbocycles. The van der Waals surface area contributed by atoms with Crippen LogP contribution in [0.1, 0.15) is 0 Å². The Bertz CT molecular complexity index is 947. The van der Waals surface area contributed by atoms with Crippen LogP contribution in [0.5, 0.6) is 0 Å². The van der Waals surface area contributed by atoms with Gasteiger partial charge in [0.25, 0.3) is 0 Å². The number of carbonyl (C=O) groups is 2. The topological polar surface area (TPSA) is 79.1 Å². The predicted molar refractivity (Wildman–Crippen MR) is 92.4 cm³/mol. The summed E-state index contributed by atoms with van der Waals surface area (Å²) in [6, 6.07) is 3.24. The third-order valence-electron chi connectivity index (χ3n) is 3.27. The highest BCUT2D eigenvalue weighted by Gasteiger charge is 2.18. The Hall–Kier alpha value is -2.03. The van der Waals surface area contributed by atoms with Crippen molar-refractivity contribution in [3.63, 3.8) is 0 Å². The molecule has 1 amide bonds. The number of ether oxygens (including phenoxy) is 3. The molecule has 0 fully saturated rings. The molecule has 0 saturated carbocycles. The van der Waals surface area contributed by atoms with Crippen molar-refractivity contribution < 1.29 is 23.8 Å². The fourth-order valence-electron chi connectivity index (χ4n) is 2.18. The summed E-state index contributed by atoms with van der Waals surface area (Å²) in [5.74, 6) is -1.12. The van der Waals surface area contributed by atoms with Crippen molar-refractivity contribution in [3.8, 4) is 0 Å². The van der Waals surface area contributed by atoms with Gasteiger partial charge in [-0.3, -0.25) is 9.59 Å². The number of halogens is 2. The first-order valence-electron chi connectivity index (χ1n) is 7.08. The molecule has 0 saturated heterocycles. The van der Waals surface area contributed by atoms with Crippen LogP contribution in [0.15, 0.2) is 29.1 Å². The van der Waals surface area contributed by atoms with E-state index in [9.17, 15) is 9.59 Å². The molecule has 0 spiro atoms. The average molecular weight is 403 g/mol. The molecule has 3 rings (SSSR count). The summed E-state index contributed by atoms with van der Waals surface area (Å²) in [4.78, 5) is 28.3. The maximum atomic E-state index is 12.3. The molecule has 7 nitrogen and oxygen atoms in total. The minimum Gasteiger partial charge on any atom is -0.494 e. The van der Waals surface area contributed by atoms with Crippen molar-refractivity contribution >= 4 is 56.6 Å². The van der Waals surface area contributed by atoms with Gasteiger partial charge in [-0.25, -0.2) is 0 Å². The van der Waals surface area contributed by atoms with Gasteiger partial charge in [0.15, 0.2) is 4.80 Å². The highest BCUT2D eigenvalue weighted by Crippen LogP contribution is 2.29. The molecule has 0 N–H and O–H groups in total. The van der Waals surface area contributed by atoms with E-state index in [4.69, 9.17) is 37.4 Å². The Morgan fingerprint density at radius 3 is 2.84 bits per heavy atom. The van der Waals surface area contributed by atoms with E-state index in [2.05, 4.69) is 4.99 Å². The zero-order chi connectivity index (χ0) is 18.0.